The lowest BCUT2D eigenvalue weighted by Gasteiger charge is -2.06. The van der Waals surface area contributed by atoms with Crippen molar-refractivity contribution in [3.8, 4) is 0 Å². The van der Waals surface area contributed by atoms with E-state index in [4.69, 9.17) is 11.6 Å². The lowest BCUT2D eigenvalue weighted by Crippen LogP contribution is -2.24. The molecule has 0 unspecified atom stereocenters. The highest BCUT2D eigenvalue weighted by Gasteiger charge is 2.15. The summed E-state index contributed by atoms with van der Waals surface area (Å²) in [5.74, 6) is -0.561. The van der Waals surface area contributed by atoms with Gasteiger partial charge in [0.1, 0.15) is 0 Å². The zero-order chi connectivity index (χ0) is 15.7. The quantitative estimate of drug-likeness (QED) is 0.763. The number of aromatic nitrogens is 2. The molecule has 0 aliphatic heterocycles. The third-order valence-corrected chi connectivity index (χ3v) is 3.46. The van der Waals surface area contributed by atoms with Gasteiger partial charge in [-0.2, -0.15) is 5.10 Å². The van der Waals surface area contributed by atoms with Crippen molar-refractivity contribution in [2.24, 2.45) is 0 Å². The van der Waals surface area contributed by atoms with Gasteiger partial charge in [0.2, 0.25) is 5.43 Å². The molecule has 0 atom stereocenters. The molecule has 3 aromatic rings. The fraction of sp³-hybridized carbons (Fsp3) is 0.0625. The number of rotatable bonds is 2. The second kappa shape index (κ2) is 5.61. The Morgan fingerprint density at radius 1 is 1.23 bits per heavy atom. The Morgan fingerprint density at radius 2 is 2.05 bits per heavy atom. The summed E-state index contributed by atoms with van der Waals surface area (Å²) in [6.07, 6.45) is 0. The average Bonchev–Trinajstić information content (AvgIpc) is 2.48. The first-order valence-electron chi connectivity index (χ1n) is 6.60. The minimum absolute atomic E-state index is 0.198. The number of aromatic amines is 1. The van der Waals surface area contributed by atoms with Crippen LogP contribution in [-0.4, -0.2) is 16.1 Å². The van der Waals surface area contributed by atoms with Gasteiger partial charge in [0.25, 0.3) is 5.91 Å². The molecule has 0 aliphatic rings. The van der Waals surface area contributed by atoms with Gasteiger partial charge in [-0.1, -0.05) is 23.7 Å². The van der Waals surface area contributed by atoms with Crippen molar-refractivity contribution in [1.82, 2.24) is 10.2 Å². The predicted molar refractivity (Wildman–Crippen MR) is 86.5 cm³/mol. The predicted octanol–water partition coefficient (Wildman–Crippen LogP) is 3.14. The van der Waals surface area contributed by atoms with Gasteiger partial charge in [0, 0.05) is 10.7 Å². The maximum Gasteiger partial charge on any atom is 0.280 e. The van der Waals surface area contributed by atoms with Crippen LogP contribution in [0.15, 0.2) is 47.3 Å². The first-order valence-corrected chi connectivity index (χ1v) is 6.98. The Labute approximate surface area is 130 Å². The second-order valence-corrected chi connectivity index (χ2v) is 5.35. The molecule has 0 bridgehead atoms. The van der Waals surface area contributed by atoms with Crippen LogP contribution in [0.3, 0.4) is 0 Å². The molecule has 1 amide bonds. The summed E-state index contributed by atoms with van der Waals surface area (Å²) < 4.78 is 0. The van der Waals surface area contributed by atoms with Crippen LogP contribution in [0.25, 0.3) is 10.9 Å². The Hall–Kier alpha value is -2.66. The number of fused-ring (bicyclic) bond motifs is 1. The van der Waals surface area contributed by atoms with Crippen molar-refractivity contribution < 1.29 is 4.79 Å². The lowest BCUT2D eigenvalue weighted by atomic mass is 10.2. The van der Waals surface area contributed by atoms with Gasteiger partial charge < -0.3 is 5.32 Å². The highest BCUT2D eigenvalue weighted by molar-refractivity contribution is 6.31. The van der Waals surface area contributed by atoms with Crippen LogP contribution in [-0.2, 0) is 0 Å². The number of anilines is 1. The van der Waals surface area contributed by atoms with E-state index in [1.807, 2.05) is 25.1 Å². The fourth-order valence-electron chi connectivity index (χ4n) is 2.16. The van der Waals surface area contributed by atoms with Crippen molar-refractivity contribution in [2.75, 3.05) is 5.32 Å². The van der Waals surface area contributed by atoms with E-state index in [2.05, 4.69) is 15.5 Å². The molecule has 110 valence electrons. The summed E-state index contributed by atoms with van der Waals surface area (Å²) >= 11 is 5.90. The van der Waals surface area contributed by atoms with Crippen molar-refractivity contribution in [2.45, 2.75) is 6.92 Å². The molecular weight excluding hydrogens is 302 g/mol. The van der Waals surface area contributed by atoms with E-state index in [9.17, 15) is 9.59 Å². The van der Waals surface area contributed by atoms with E-state index in [0.717, 1.165) is 5.56 Å². The van der Waals surface area contributed by atoms with Crippen molar-refractivity contribution in [3.05, 3.63) is 69.0 Å². The van der Waals surface area contributed by atoms with Crippen LogP contribution in [0.1, 0.15) is 16.1 Å². The van der Waals surface area contributed by atoms with E-state index in [0.29, 0.717) is 21.6 Å². The van der Waals surface area contributed by atoms with E-state index in [1.165, 1.54) is 6.07 Å². The largest absolute Gasteiger partial charge is 0.320 e. The molecule has 0 aliphatic carbocycles. The smallest absolute Gasteiger partial charge is 0.280 e. The number of hydrogen-bond donors (Lipinski definition) is 2. The Bertz CT molecular complexity index is 934. The molecule has 1 heterocycles. The van der Waals surface area contributed by atoms with Crippen LogP contribution >= 0.6 is 11.6 Å². The second-order valence-electron chi connectivity index (χ2n) is 4.91. The highest BCUT2D eigenvalue weighted by Crippen LogP contribution is 2.15. The molecule has 2 N–H and O–H groups in total. The molecule has 2 aromatic carbocycles. The number of amides is 1. The number of H-pyrrole nitrogens is 1. The van der Waals surface area contributed by atoms with Crippen LogP contribution < -0.4 is 10.7 Å². The number of carbonyl (C=O) groups excluding carboxylic acids is 1. The van der Waals surface area contributed by atoms with Crippen LogP contribution in [0.2, 0.25) is 5.02 Å². The summed E-state index contributed by atoms with van der Waals surface area (Å²) in [6, 6.07) is 12.1. The van der Waals surface area contributed by atoms with Gasteiger partial charge in [0.05, 0.1) is 10.9 Å². The third kappa shape index (κ3) is 2.71. The van der Waals surface area contributed by atoms with Gasteiger partial charge in [-0.15, -0.1) is 0 Å². The molecular formula is C16H12ClN3O2. The monoisotopic (exact) mass is 313 g/mol. The molecule has 22 heavy (non-hydrogen) atoms. The summed E-state index contributed by atoms with van der Waals surface area (Å²) in [7, 11) is 0. The van der Waals surface area contributed by atoms with Gasteiger partial charge >= 0.3 is 0 Å². The Morgan fingerprint density at radius 3 is 2.82 bits per heavy atom. The molecule has 5 nitrogen and oxygen atoms in total. The van der Waals surface area contributed by atoms with E-state index in [1.54, 1.807) is 18.2 Å². The maximum atomic E-state index is 12.4. The average molecular weight is 314 g/mol. The number of carbonyl (C=O) groups is 1. The molecule has 0 fully saturated rings. The summed E-state index contributed by atoms with van der Waals surface area (Å²) in [5.41, 5.74) is 1.49. The SMILES string of the molecule is Cc1cccc(NC(=O)c2n[nH]c3ccc(Cl)cc3c2=O)c1. The Kier molecular flexibility index (Phi) is 3.65. The topological polar surface area (TPSA) is 74.8 Å². The van der Waals surface area contributed by atoms with Crippen LogP contribution in [0, 0.1) is 6.92 Å². The third-order valence-electron chi connectivity index (χ3n) is 3.22. The highest BCUT2D eigenvalue weighted by atomic mass is 35.5. The molecule has 0 saturated carbocycles. The van der Waals surface area contributed by atoms with E-state index >= 15 is 0 Å². The molecule has 1 aromatic heterocycles. The standard InChI is InChI=1S/C16H12ClN3O2/c1-9-3-2-4-11(7-9)18-16(22)14-15(21)12-8-10(17)5-6-13(12)19-20-14/h2-8H,1H3,(H,18,22)(H,19,21). The summed E-state index contributed by atoms with van der Waals surface area (Å²) in [5, 5.41) is 9.98. The van der Waals surface area contributed by atoms with Gasteiger partial charge in [-0.25, -0.2) is 0 Å². The first-order chi connectivity index (χ1) is 10.5. The molecule has 6 heteroatoms. The minimum Gasteiger partial charge on any atom is -0.320 e. The van der Waals surface area contributed by atoms with Crippen molar-refractivity contribution in [1.29, 1.82) is 0 Å². The molecule has 0 spiro atoms. The number of nitrogens with one attached hydrogen (secondary N) is 2. The van der Waals surface area contributed by atoms with Gasteiger partial charge in [0.15, 0.2) is 5.69 Å². The molecule has 0 saturated heterocycles. The van der Waals surface area contributed by atoms with Crippen LogP contribution in [0.4, 0.5) is 5.69 Å². The lowest BCUT2D eigenvalue weighted by molar-refractivity contribution is 0.102. The number of benzene rings is 2. The van der Waals surface area contributed by atoms with Crippen LogP contribution in [0.5, 0.6) is 0 Å². The number of nitrogens with zero attached hydrogens (tertiary/aromatic N) is 1. The normalized spacial score (nSPS) is 10.6. The number of aryl methyl sites for hydroxylation is 1. The molecule has 3 rings (SSSR count). The molecule has 0 radical (unpaired) electrons. The fourth-order valence-corrected chi connectivity index (χ4v) is 2.34. The maximum absolute atomic E-state index is 12.4. The summed E-state index contributed by atoms with van der Waals surface area (Å²) in [6.45, 7) is 1.92. The van der Waals surface area contributed by atoms with Crippen molar-refractivity contribution in [3.63, 3.8) is 0 Å². The minimum atomic E-state index is -0.561. The number of halogens is 1. The van der Waals surface area contributed by atoms with Gasteiger partial charge in [-0.05, 0) is 42.8 Å². The van der Waals surface area contributed by atoms with Crippen molar-refractivity contribution >= 4 is 34.1 Å². The Balaban J connectivity index is 2.01. The van der Waals surface area contributed by atoms with Gasteiger partial charge in [-0.3, -0.25) is 14.7 Å². The van der Waals surface area contributed by atoms with E-state index in [-0.39, 0.29) is 5.69 Å². The summed E-state index contributed by atoms with van der Waals surface area (Å²) in [4.78, 5) is 24.6. The zero-order valence-electron chi connectivity index (χ0n) is 11.7. The van der Waals surface area contributed by atoms with E-state index < -0.39 is 11.3 Å². The number of hydrogen-bond acceptors (Lipinski definition) is 3. The zero-order valence-corrected chi connectivity index (χ0v) is 12.4. The first kappa shape index (κ1) is 14.3.